The standard InChI is InChI=1S/C21H38O4/c22-17-20(23)18-25-21(24)16-10-8-6-4-2-1-3-5-7-9-13-19-14-11-12-15-19/h11,14,19-20,22-23H,1-10,12-13,15-18H2/t19-,20?/m1/s1. The third-order valence-electron chi connectivity index (χ3n) is 4.97. The van der Waals surface area contributed by atoms with Gasteiger partial charge in [-0.3, -0.25) is 4.79 Å². The van der Waals surface area contributed by atoms with Crippen LogP contribution in [-0.4, -0.2) is 35.5 Å². The SMILES string of the molecule is O=C(CCCCCCCCCCCC[C@@H]1C=CCC1)OCC(O)CO. The lowest BCUT2D eigenvalue weighted by Gasteiger charge is -2.08. The van der Waals surface area contributed by atoms with Crippen LogP contribution in [-0.2, 0) is 9.53 Å². The predicted octanol–water partition coefficient (Wildman–Crippen LogP) is 4.53. The normalized spacial score (nSPS) is 17.8. The molecule has 1 aliphatic carbocycles. The van der Waals surface area contributed by atoms with E-state index in [2.05, 4.69) is 12.2 Å². The van der Waals surface area contributed by atoms with Gasteiger partial charge in [-0.2, -0.15) is 0 Å². The average Bonchev–Trinajstić information content (AvgIpc) is 3.14. The van der Waals surface area contributed by atoms with Crippen LogP contribution in [0.5, 0.6) is 0 Å². The molecule has 0 saturated heterocycles. The molecule has 25 heavy (non-hydrogen) atoms. The number of ether oxygens (including phenoxy) is 1. The van der Waals surface area contributed by atoms with Crippen LogP contribution in [0.4, 0.5) is 0 Å². The Bertz CT molecular complexity index is 354. The minimum Gasteiger partial charge on any atom is -0.463 e. The molecule has 2 N–H and O–H groups in total. The lowest BCUT2D eigenvalue weighted by molar-refractivity contribution is -0.147. The largest absolute Gasteiger partial charge is 0.463 e. The highest BCUT2D eigenvalue weighted by Crippen LogP contribution is 2.23. The van der Waals surface area contributed by atoms with Crippen molar-refractivity contribution >= 4 is 5.97 Å². The Labute approximate surface area is 153 Å². The first-order chi connectivity index (χ1) is 12.2. The van der Waals surface area contributed by atoms with Crippen LogP contribution in [0.1, 0.15) is 89.9 Å². The number of carbonyl (C=O) groups is 1. The fourth-order valence-electron chi connectivity index (χ4n) is 3.34. The molecule has 1 aliphatic rings. The number of allylic oxidation sites excluding steroid dienone is 2. The highest BCUT2D eigenvalue weighted by atomic mass is 16.5. The molecule has 4 heteroatoms. The fourth-order valence-corrected chi connectivity index (χ4v) is 3.34. The summed E-state index contributed by atoms with van der Waals surface area (Å²) >= 11 is 0. The highest BCUT2D eigenvalue weighted by molar-refractivity contribution is 5.69. The Morgan fingerprint density at radius 2 is 1.60 bits per heavy atom. The third-order valence-corrected chi connectivity index (χ3v) is 4.97. The van der Waals surface area contributed by atoms with Crippen molar-refractivity contribution in [1.29, 1.82) is 0 Å². The van der Waals surface area contributed by atoms with Gasteiger partial charge < -0.3 is 14.9 Å². The molecule has 0 aromatic rings. The van der Waals surface area contributed by atoms with E-state index in [9.17, 15) is 4.79 Å². The Morgan fingerprint density at radius 1 is 1.00 bits per heavy atom. The molecule has 0 amide bonds. The number of esters is 1. The summed E-state index contributed by atoms with van der Waals surface area (Å²) in [6, 6.07) is 0. The van der Waals surface area contributed by atoms with Gasteiger partial charge in [0.1, 0.15) is 12.7 Å². The van der Waals surface area contributed by atoms with Gasteiger partial charge in [0.25, 0.3) is 0 Å². The maximum Gasteiger partial charge on any atom is 0.305 e. The van der Waals surface area contributed by atoms with Crippen molar-refractivity contribution in [3.8, 4) is 0 Å². The van der Waals surface area contributed by atoms with Gasteiger partial charge in [-0.25, -0.2) is 0 Å². The molecule has 4 nitrogen and oxygen atoms in total. The van der Waals surface area contributed by atoms with E-state index < -0.39 is 6.10 Å². The van der Waals surface area contributed by atoms with E-state index in [1.807, 2.05) is 0 Å². The van der Waals surface area contributed by atoms with E-state index in [0.29, 0.717) is 6.42 Å². The number of rotatable bonds is 16. The molecule has 0 fully saturated rings. The molecule has 0 aromatic carbocycles. The quantitative estimate of drug-likeness (QED) is 0.243. The van der Waals surface area contributed by atoms with Gasteiger partial charge in [-0.1, -0.05) is 69.9 Å². The average molecular weight is 355 g/mol. The molecule has 146 valence electrons. The Kier molecular flexibility index (Phi) is 13.6. The van der Waals surface area contributed by atoms with Crippen LogP contribution in [0.25, 0.3) is 0 Å². The van der Waals surface area contributed by atoms with Gasteiger partial charge >= 0.3 is 5.97 Å². The zero-order valence-electron chi connectivity index (χ0n) is 15.8. The van der Waals surface area contributed by atoms with Crippen molar-refractivity contribution < 1.29 is 19.7 Å². The monoisotopic (exact) mass is 354 g/mol. The lowest BCUT2D eigenvalue weighted by Crippen LogP contribution is -2.21. The van der Waals surface area contributed by atoms with Crippen LogP contribution < -0.4 is 0 Å². The smallest absolute Gasteiger partial charge is 0.305 e. The van der Waals surface area contributed by atoms with Crippen LogP contribution >= 0.6 is 0 Å². The number of aliphatic hydroxyl groups excluding tert-OH is 2. The molecule has 0 spiro atoms. The van der Waals surface area contributed by atoms with E-state index in [1.165, 1.54) is 70.6 Å². The van der Waals surface area contributed by atoms with Crippen molar-refractivity contribution in [1.82, 2.24) is 0 Å². The van der Waals surface area contributed by atoms with Gasteiger partial charge in [0.05, 0.1) is 6.61 Å². The van der Waals surface area contributed by atoms with E-state index in [-0.39, 0.29) is 19.2 Å². The van der Waals surface area contributed by atoms with Crippen LogP contribution in [0.2, 0.25) is 0 Å². The van der Waals surface area contributed by atoms with Gasteiger partial charge in [0.15, 0.2) is 0 Å². The van der Waals surface area contributed by atoms with Crippen molar-refractivity contribution in [2.45, 2.75) is 96.0 Å². The molecule has 1 rings (SSSR count). The van der Waals surface area contributed by atoms with E-state index in [4.69, 9.17) is 14.9 Å². The molecule has 2 atom stereocenters. The minimum absolute atomic E-state index is 0.104. The number of hydrogen-bond donors (Lipinski definition) is 2. The number of aliphatic hydroxyl groups is 2. The van der Waals surface area contributed by atoms with Crippen molar-refractivity contribution in [3.63, 3.8) is 0 Å². The summed E-state index contributed by atoms with van der Waals surface area (Å²) in [4.78, 5) is 11.4. The Hall–Kier alpha value is -0.870. The van der Waals surface area contributed by atoms with Crippen LogP contribution in [0.15, 0.2) is 12.2 Å². The molecule has 1 unspecified atom stereocenters. The maximum atomic E-state index is 11.4. The van der Waals surface area contributed by atoms with Gasteiger partial charge in [-0.15, -0.1) is 0 Å². The molecule has 0 bridgehead atoms. The summed E-state index contributed by atoms with van der Waals surface area (Å²) in [7, 11) is 0. The molecular weight excluding hydrogens is 316 g/mol. The second-order valence-corrected chi connectivity index (χ2v) is 7.36. The van der Waals surface area contributed by atoms with Gasteiger partial charge in [0.2, 0.25) is 0 Å². The summed E-state index contributed by atoms with van der Waals surface area (Å²) < 4.78 is 4.87. The van der Waals surface area contributed by atoms with E-state index in [0.717, 1.165) is 18.8 Å². The highest BCUT2D eigenvalue weighted by Gasteiger charge is 2.08. The van der Waals surface area contributed by atoms with Crippen molar-refractivity contribution in [2.75, 3.05) is 13.2 Å². The number of carbonyl (C=O) groups excluding carboxylic acids is 1. The molecule has 0 saturated carbocycles. The van der Waals surface area contributed by atoms with E-state index >= 15 is 0 Å². The van der Waals surface area contributed by atoms with Crippen molar-refractivity contribution in [2.24, 2.45) is 5.92 Å². The summed E-state index contributed by atoms with van der Waals surface area (Å²) in [5.74, 6) is 0.595. The maximum absolute atomic E-state index is 11.4. The molecular formula is C21H38O4. The zero-order valence-corrected chi connectivity index (χ0v) is 15.8. The van der Waals surface area contributed by atoms with Crippen LogP contribution in [0, 0.1) is 5.92 Å². The van der Waals surface area contributed by atoms with Gasteiger partial charge in [-0.05, 0) is 31.6 Å². The Balaban J connectivity index is 1.74. The summed E-state index contributed by atoms with van der Waals surface area (Å²) in [5.41, 5.74) is 0. The van der Waals surface area contributed by atoms with Gasteiger partial charge in [0, 0.05) is 6.42 Å². The molecule has 0 aliphatic heterocycles. The zero-order chi connectivity index (χ0) is 18.2. The second kappa shape index (κ2) is 15.4. The Morgan fingerprint density at radius 3 is 2.16 bits per heavy atom. The fraction of sp³-hybridized carbons (Fsp3) is 0.857. The summed E-state index contributed by atoms with van der Waals surface area (Å²) in [5, 5.41) is 17.7. The minimum atomic E-state index is -0.955. The third kappa shape index (κ3) is 13.1. The molecule has 0 radical (unpaired) electrons. The molecule has 0 heterocycles. The lowest BCUT2D eigenvalue weighted by atomic mass is 9.99. The molecule has 0 aromatic heterocycles. The summed E-state index contributed by atoms with van der Waals surface area (Å²) in [6.45, 7) is -0.474. The second-order valence-electron chi connectivity index (χ2n) is 7.36. The predicted molar refractivity (Wildman–Crippen MR) is 101 cm³/mol. The first kappa shape index (κ1) is 22.2. The first-order valence-corrected chi connectivity index (χ1v) is 10.3. The van der Waals surface area contributed by atoms with Crippen molar-refractivity contribution in [3.05, 3.63) is 12.2 Å². The summed E-state index contributed by atoms with van der Waals surface area (Å²) in [6.07, 6.45) is 20.7. The van der Waals surface area contributed by atoms with Crippen LogP contribution in [0.3, 0.4) is 0 Å². The topological polar surface area (TPSA) is 66.8 Å². The first-order valence-electron chi connectivity index (χ1n) is 10.3. The number of hydrogen-bond acceptors (Lipinski definition) is 4. The number of unbranched alkanes of at least 4 members (excludes halogenated alkanes) is 9. The van der Waals surface area contributed by atoms with E-state index in [1.54, 1.807) is 0 Å².